The number of pyridine rings is 1. The standard InChI is InChI=1S/C13H12BrNS/c1-9-3-5-11(6-4-9)16-13-8-7-12(14)10(2)15-13/h3-8H,1-2H3. The van der Waals surface area contributed by atoms with Gasteiger partial charge in [0.05, 0.1) is 5.69 Å². The second-order valence-electron chi connectivity index (χ2n) is 3.63. The van der Waals surface area contributed by atoms with Crippen molar-refractivity contribution in [2.45, 2.75) is 23.8 Å². The third-order valence-electron chi connectivity index (χ3n) is 2.24. The molecule has 0 fully saturated rings. The Hall–Kier alpha value is -0.800. The van der Waals surface area contributed by atoms with Gasteiger partial charge in [0.25, 0.3) is 0 Å². The molecule has 0 aliphatic carbocycles. The van der Waals surface area contributed by atoms with Gasteiger partial charge in [0.2, 0.25) is 0 Å². The molecule has 0 radical (unpaired) electrons. The van der Waals surface area contributed by atoms with Gasteiger partial charge in [-0.3, -0.25) is 0 Å². The van der Waals surface area contributed by atoms with Crippen LogP contribution in [0.5, 0.6) is 0 Å². The summed E-state index contributed by atoms with van der Waals surface area (Å²) in [4.78, 5) is 5.73. The number of rotatable bonds is 2. The van der Waals surface area contributed by atoms with Crippen LogP contribution in [0.3, 0.4) is 0 Å². The second kappa shape index (κ2) is 5.02. The molecule has 16 heavy (non-hydrogen) atoms. The van der Waals surface area contributed by atoms with Crippen LogP contribution in [0.4, 0.5) is 0 Å². The summed E-state index contributed by atoms with van der Waals surface area (Å²) in [7, 11) is 0. The Morgan fingerprint density at radius 3 is 2.31 bits per heavy atom. The van der Waals surface area contributed by atoms with Gasteiger partial charge in [-0.25, -0.2) is 4.98 Å². The summed E-state index contributed by atoms with van der Waals surface area (Å²) in [5.41, 5.74) is 2.31. The van der Waals surface area contributed by atoms with Gasteiger partial charge in [-0.05, 0) is 54.0 Å². The van der Waals surface area contributed by atoms with E-state index in [0.717, 1.165) is 15.2 Å². The highest BCUT2D eigenvalue weighted by Crippen LogP contribution is 2.27. The lowest BCUT2D eigenvalue weighted by Gasteiger charge is -2.03. The maximum absolute atomic E-state index is 4.51. The molecule has 2 rings (SSSR count). The van der Waals surface area contributed by atoms with E-state index in [9.17, 15) is 0 Å². The second-order valence-corrected chi connectivity index (χ2v) is 5.58. The highest BCUT2D eigenvalue weighted by molar-refractivity contribution is 9.10. The Morgan fingerprint density at radius 2 is 1.69 bits per heavy atom. The molecule has 1 aromatic carbocycles. The quantitative estimate of drug-likeness (QED) is 0.802. The first-order chi connectivity index (χ1) is 7.65. The predicted octanol–water partition coefficient (Wildman–Crippen LogP) is 4.61. The lowest BCUT2D eigenvalue weighted by atomic mass is 10.2. The molecule has 0 aliphatic rings. The average Bonchev–Trinajstić information content (AvgIpc) is 2.27. The van der Waals surface area contributed by atoms with E-state index in [2.05, 4.69) is 52.1 Å². The topological polar surface area (TPSA) is 12.9 Å². The molecule has 0 bridgehead atoms. The highest BCUT2D eigenvalue weighted by Gasteiger charge is 2.01. The Morgan fingerprint density at radius 1 is 1.00 bits per heavy atom. The predicted molar refractivity (Wildman–Crippen MR) is 72.0 cm³/mol. The average molecular weight is 294 g/mol. The molecule has 1 nitrogen and oxygen atoms in total. The molecule has 0 saturated carbocycles. The van der Waals surface area contributed by atoms with Crippen LogP contribution in [0.1, 0.15) is 11.3 Å². The number of nitrogens with zero attached hydrogens (tertiary/aromatic N) is 1. The van der Waals surface area contributed by atoms with Crippen molar-refractivity contribution in [2.75, 3.05) is 0 Å². The lowest BCUT2D eigenvalue weighted by Crippen LogP contribution is -1.85. The summed E-state index contributed by atoms with van der Waals surface area (Å²) >= 11 is 5.14. The molecule has 0 aliphatic heterocycles. The van der Waals surface area contributed by atoms with Gasteiger partial charge in [-0.15, -0.1) is 0 Å². The number of benzene rings is 1. The molecule has 2 aromatic rings. The van der Waals surface area contributed by atoms with Gasteiger partial charge >= 0.3 is 0 Å². The van der Waals surface area contributed by atoms with Crippen molar-refractivity contribution in [3.63, 3.8) is 0 Å². The molecule has 0 atom stereocenters. The van der Waals surface area contributed by atoms with E-state index < -0.39 is 0 Å². The normalized spacial score (nSPS) is 10.4. The first-order valence-corrected chi connectivity index (χ1v) is 6.64. The van der Waals surface area contributed by atoms with Crippen LogP contribution in [-0.2, 0) is 0 Å². The maximum Gasteiger partial charge on any atom is 0.101 e. The van der Waals surface area contributed by atoms with E-state index in [1.807, 2.05) is 19.1 Å². The zero-order valence-electron chi connectivity index (χ0n) is 9.20. The minimum absolute atomic E-state index is 1.03. The van der Waals surface area contributed by atoms with Crippen molar-refractivity contribution in [2.24, 2.45) is 0 Å². The Labute approximate surface area is 108 Å². The summed E-state index contributed by atoms with van der Waals surface area (Å²) in [5.74, 6) is 0. The smallest absolute Gasteiger partial charge is 0.101 e. The molecule has 1 aromatic heterocycles. The monoisotopic (exact) mass is 293 g/mol. The van der Waals surface area contributed by atoms with E-state index >= 15 is 0 Å². The maximum atomic E-state index is 4.51. The fourth-order valence-corrected chi connectivity index (χ4v) is 2.36. The number of aryl methyl sites for hydroxylation is 2. The molecule has 82 valence electrons. The van der Waals surface area contributed by atoms with E-state index in [1.165, 1.54) is 10.5 Å². The fraction of sp³-hybridized carbons (Fsp3) is 0.154. The van der Waals surface area contributed by atoms with Crippen LogP contribution in [0.15, 0.2) is 50.8 Å². The molecular formula is C13H12BrNS. The molecule has 3 heteroatoms. The van der Waals surface area contributed by atoms with Crippen molar-refractivity contribution in [1.29, 1.82) is 0 Å². The first-order valence-electron chi connectivity index (χ1n) is 5.03. The summed E-state index contributed by atoms with van der Waals surface area (Å²) in [6, 6.07) is 12.6. The van der Waals surface area contributed by atoms with Crippen molar-refractivity contribution >= 4 is 27.7 Å². The highest BCUT2D eigenvalue weighted by atomic mass is 79.9. The van der Waals surface area contributed by atoms with Gasteiger partial charge < -0.3 is 0 Å². The summed E-state index contributed by atoms with van der Waals surface area (Å²) < 4.78 is 1.06. The number of halogens is 1. The van der Waals surface area contributed by atoms with Crippen LogP contribution in [0.25, 0.3) is 0 Å². The largest absolute Gasteiger partial charge is 0.245 e. The third-order valence-corrected chi connectivity index (χ3v) is 4.02. The minimum atomic E-state index is 1.03. The van der Waals surface area contributed by atoms with E-state index in [4.69, 9.17) is 0 Å². The van der Waals surface area contributed by atoms with Gasteiger partial charge in [0, 0.05) is 9.37 Å². The van der Waals surface area contributed by atoms with E-state index in [1.54, 1.807) is 11.8 Å². The Bertz CT molecular complexity index is 494. The Kier molecular flexibility index (Phi) is 3.66. The number of aromatic nitrogens is 1. The first kappa shape index (κ1) is 11.7. The third kappa shape index (κ3) is 2.86. The van der Waals surface area contributed by atoms with Crippen molar-refractivity contribution in [1.82, 2.24) is 4.98 Å². The molecular weight excluding hydrogens is 282 g/mol. The fourth-order valence-electron chi connectivity index (χ4n) is 1.30. The molecule has 0 spiro atoms. The van der Waals surface area contributed by atoms with E-state index in [-0.39, 0.29) is 0 Å². The van der Waals surface area contributed by atoms with Crippen LogP contribution in [0, 0.1) is 13.8 Å². The lowest BCUT2D eigenvalue weighted by molar-refractivity contribution is 1.05. The minimum Gasteiger partial charge on any atom is -0.245 e. The van der Waals surface area contributed by atoms with Crippen molar-refractivity contribution in [3.05, 3.63) is 52.1 Å². The van der Waals surface area contributed by atoms with Crippen molar-refractivity contribution < 1.29 is 0 Å². The van der Waals surface area contributed by atoms with Crippen LogP contribution in [0.2, 0.25) is 0 Å². The molecule has 0 saturated heterocycles. The molecule has 0 amide bonds. The summed E-state index contributed by atoms with van der Waals surface area (Å²) in [6.45, 7) is 4.10. The van der Waals surface area contributed by atoms with Crippen LogP contribution in [-0.4, -0.2) is 4.98 Å². The summed E-state index contributed by atoms with van der Waals surface area (Å²) in [6.07, 6.45) is 0. The zero-order valence-corrected chi connectivity index (χ0v) is 11.6. The zero-order chi connectivity index (χ0) is 11.5. The van der Waals surface area contributed by atoms with Gasteiger partial charge in [0.1, 0.15) is 5.03 Å². The van der Waals surface area contributed by atoms with Gasteiger partial charge in [-0.2, -0.15) is 0 Å². The number of hydrogen-bond acceptors (Lipinski definition) is 2. The Balaban J connectivity index is 2.20. The van der Waals surface area contributed by atoms with Crippen LogP contribution >= 0.6 is 27.7 Å². The van der Waals surface area contributed by atoms with Gasteiger partial charge in [0.15, 0.2) is 0 Å². The molecule has 1 heterocycles. The van der Waals surface area contributed by atoms with Crippen molar-refractivity contribution in [3.8, 4) is 0 Å². The summed E-state index contributed by atoms with van der Waals surface area (Å²) in [5, 5.41) is 1.03. The van der Waals surface area contributed by atoms with E-state index in [0.29, 0.717) is 0 Å². The number of hydrogen-bond donors (Lipinski definition) is 0. The molecule has 0 unspecified atom stereocenters. The molecule has 0 N–H and O–H groups in total. The van der Waals surface area contributed by atoms with Crippen LogP contribution < -0.4 is 0 Å². The van der Waals surface area contributed by atoms with Gasteiger partial charge in [-0.1, -0.05) is 29.5 Å². The SMILES string of the molecule is Cc1ccc(Sc2ccc(Br)c(C)n2)cc1.